The molecule has 2 aliphatic heterocycles. The maximum Gasteiger partial charge on any atom is 0.227 e. The first kappa shape index (κ1) is 18.7. The number of nitrogens with zero attached hydrogens (tertiary/aromatic N) is 4. The highest BCUT2D eigenvalue weighted by atomic mass is 79.9. The Kier molecular flexibility index (Phi) is 6.21. The van der Waals surface area contributed by atoms with Crippen LogP contribution in [0, 0.1) is 0 Å². The Bertz CT molecular complexity index is 753. The van der Waals surface area contributed by atoms with E-state index in [9.17, 15) is 0 Å². The molecule has 4 rings (SSSR count). The first-order chi connectivity index (χ1) is 13.3. The van der Waals surface area contributed by atoms with Gasteiger partial charge < -0.3 is 15.0 Å². The van der Waals surface area contributed by atoms with E-state index >= 15 is 0 Å². The van der Waals surface area contributed by atoms with E-state index in [0.29, 0.717) is 6.04 Å². The number of morpholine rings is 1. The van der Waals surface area contributed by atoms with Gasteiger partial charge in [0, 0.05) is 42.9 Å². The van der Waals surface area contributed by atoms with Crippen LogP contribution in [0.25, 0.3) is 0 Å². The zero-order valence-corrected chi connectivity index (χ0v) is 17.1. The molecule has 2 saturated heterocycles. The summed E-state index contributed by atoms with van der Waals surface area (Å²) >= 11 is 3.57. The van der Waals surface area contributed by atoms with Gasteiger partial charge in [-0.25, -0.2) is 4.98 Å². The fourth-order valence-electron chi connectivity index (χ4n) is 3.76. The molecule has 0 saturated carbocycles. The molecule has 3 heterocycles. The lowest BCUT2D eigenvalue weighted by atomic mass is 10.0. The van der Waals surface area contributed by atoms with E-state index in [0.717, 1.165) is 62.2 Å². The van der Waals surface area contributed by atoms with Crippen LogP contribution in [0.2, 0.25) is 0 Å². The summed E-state index contributed by atoms with van der Waals surface area (Å²) in [5.74, 6) is 1.71. The summed E-state index contributed by atoms with van der Waals surface area (Å²) in [5, 5.41) is 3.63. The molecule has 0 aliphatic carbocycles. The number of aromatic nitrogens is 2. The molecule has 1 atom stereocenters. The maximum absolute atomic E-state index is 5.42. The van der Waals surface area contributed by atoms with Gasteiger partial charge in [0.05, 0.1) is 13.2 Å². The van der Waals surface area contributed by atoms with Gasteiger partial charge in [-0.2, -0.15) is 4.98 Å². The number of hydrogen-bond donors (Lipinski definition) is 1. The van der Waals surface area contributed by atoms with E-state index in [1.54, 1.807) is 0 Å². The van der Waals surface area contributed by atoms with Crippen LogP contribution in [-0.2, 0) is 11.3 Å². The third-order valence-electron chi connectivity index (χ3n) is 5.09. The standard InChI is InChI=1S/C20H26BrN5O/c21-17-4-1-3-16(13-17)14-25-8-2-5-18(15-25)23-19-6-7-22-20(24-19)26-9-11-27-12-10-26/h1,3-4,6-7,13,18H,2,5,8-12,14-15H2,(H,22,23,24). The van der Waals surface area contributed by atoms with Gasteiger partial charge in [-0.15, -0.1) is 0 Å². The smallest absolute Gasteiger partial charge is 0.227 e. The zero-order valence-electron chi connectivity index (χ0n) is 15.5. The van der Waals surface area contributed by atoms with Gasteiger partial charge in [-0.1, -0.05) is 28.1 Å². The van der Waals surface area contributed by atoms with Crippen molar-refractivity contribution in [2.75, 3.05) is 49.6 Å². The number of nitrogens with one attached hydrogen (secondary N) is 1. The summed E-state index contributed by atoms with van der Waals surface area (Å²) in [6, 6.07) is 11.0. The molecule has 0 bridgehead atoms. The number of halogens is 1. The molecule has 27 heavy (non-hydrogen) atoms. The molecular weight excluding hydrogens is 406 g/mol. The highest BCUT2D eigenvalue weighted by Crippen LogP contribution is 2.20. The van der Waals surface area contributed by atoms with Crippen LogP contribution < -0.4 is 10.2 Å². The van der Waals surface area contributed by atoms with Crippen molar-refractivity contribution in [1.29, 1.82) is 0 Å². The number of anilines is 2. The molecule has 0 spiro atoms. The van der Waals surface area contributed by atoms with E-state index in [2.05, 4.69) is 60.3 Å². The van der Waals surface area contributed by atoms with Crippen LogP contribution in [0.3, 0.4) is 0 Å². The number of piperidine rings is 1. The van der Waals surface area contributed by atoms with E-state index in [1.165, 1.54) is 18.4 Å². The van der Waals surface area contributed by atoms with Crippen LogP contribution in [0.1, 0.15) is 18.4 Å². The average Bonchev–Trinajstić information content (AvgIpc) is 2.69. The highest BCUT2D eigenvalue weighted by Gasteiger charge is 2.21. The number of ether oxygens (including phenoxy) is 1. The number of rotatable bonds is 5. The van der Waals surface area contributed by atoms with E-state index in [4.69, 9.17) is 9.72 Å². The Morgan fingerprint density at radius 3 is 2.93 bits per heavy atom. The monoisotopic (exact) mass is 431 g/mol. The molecule has 1 N–H and O–H groups in total. The van der Waals surface area contributed by atoms with Crippen LogP contribution in [0.15, 0.2) is 41.0 Å². The lowest BCUT2D eigenvalue weighted by molar-refractivity contribution is 0.122. The van der Waals surface area contributed by atoms with E-state index < -0.39 is 0 Å². The topological polar surface area (TPSA) is 53.5 Å². The molecule has 2 aliphatic rings. The number of hydrogen-bond acceptors (Lipinski definition) is 6. The third kappa shape index (κ3) is 5.18. The minimum absolute atomic E-state index is 0.415. The summed E-state index contributed by atoms with van der Waals surface area (Å²) < 4.78 is 6.56. The normalized spacial score (nSPS) is 21.2. The largest absolute Gasteiger partial charge is 0.378 e. The minimum atomic E-state index is 0.415. The van der Waals surface area contributed by atoms with Gasteiger partial charge in [0.2, 0.25) is 5.95 Å². The minimum Gasteiger partial charge on any atom is -0.378 e. The fraction of sp³-hybridized carbons (Fsp3) is 0.500. The molecule has 0 amide bonds. The van der Waals surface area contributed by atoms with Gasteiger partial charge in [0.1, 0.15) is 5.82 Å². The molecular formula is C20H26BrN5O. The predicted molar refractivity (Wildman–Crippen MR) is 111 cm³/mol. The molecule has 2 aromatic rings. The van der Waals surface area contributed by atoms with Crippen LogP contribution in [0.4, 0.5) is 11.8 Å². The van der Waals surface area contributed by atoms with Crippen LogP contribution in [0.5, 0.6) is 0 Å². The third-order valence-corrected chi connectivity index (χ3v) is 5.58. The van der Waals surface area contributed by atoms with Crippen molar-refractivity contribution >= 4 is 27.7 Å². The SMILES string of the molecule is Brc1cccc(CN2CCCC(Nc3ccnc(N4CCOCC4)n3)C2)c1. The first-order valence-electron chi connectivity index (χ1n) is 9.65. The lowest BCUT2D eigenvalue weighted by Crippen LogP contribution is -2.42. The van der Waals surface area contributed by atoms with Crippen molar-refractivity contribution in [1.82, 2.24) is 14.9 Å². The number of benzene rings is 1. The summed E-state index contributed by atoms with van der Waals surface area (Å²) in [5.41, 5.74) is 1.35. The average molecular weight is 432 g/mol. The van der Waals surface area contributed by atoms with Gasteiger partial charge in [-0.05, 0) is 43.1 Å². The summed E-state index contributed by atoms with van der Waals surface area (Å²) in [4.78, 5) is 13.9. The van der Waals surface area contributed by atoms with Crippen molar-refractivity contribution in [2.24, 2.45) is 0 Å². The van der Waals surface area contributed by atoms with Crippen LogP contribution >= 0.6 is 15.9 Å². The van der Waals surface area contributed by atoms with Crippen molar-refractivity contribution in [2.45, 2.75) is 25.4 Å². The predicted octanol–water partition coefficient (Wildman–Crippen LogP) is 3.15. The first-order valence-corrected chi connectivity index (χ1v) is 10.4. The van der Waals surface area contributed by atoms with Gasteiger partial charge in [0.15, 0.2) is 0 Å². The Hall–Kier alpha value is -1.70. The van der Waals surface area contributed by atoms with Crippen molar-refractivity contribution < 1.29 is 4.74 Å². The molecule has 1 unspecified atom stereocenters. The van der Waals surface area contributed by atoms with Crippen LogP contribution in [-0.4, -0.2) is 60.3 Å². The summed E-state index contributed by atoms with van der Waals surface area (Å²) in [7, 11) is 0. The molecule has 0 radical (unpaired) electrons. The zero-order chi connectivity index (χ0) is 18.5. The molecule has 6 nitrogen and oxygen atoms in total. The second kappa shape index (κ2) is 8.99. The lowest BCUT2D eigenvalue weighted by Gasteiger charge is -2.33. The van der Waals surface area contributed by atoms with Crippen molar-refractivity contribution in [3.8, 4) is 0 Å². The molecule has 144 valence electrons. The highest BCUT2D eigenvalue weighted by molar-refractivity contribution is 9.10. The van der Waals surface area contributed by atoms with Crippen molar-refractivity contribution in [3.63, 3.8) is 0 Å². The molecule has 2 fully saturated rings. The summed E-state index contributed by atoms with van der Waals surface area (Å²) in [6.07, 6.45) is 4.22. The van der Waals surface area contributed by atoms with Crippen molar-refractivity contribution in [3.05, 3.63) is 46.6 Å². The Balaban J connectivity index is 1.36. The quantitative estimate of drug-likeness (QED) is 0.784. The van der Waals surface area contributed by atoms with E-state index in [1.807, 2.05) is 12.3 Å². The second-order valence-electron chi connectivity index (χ2n) is 7.19. The van der Waals surface area contributed by atoms with Gasteiger partial charge in [0.25, 0.3) is 0 Å². The van der Waals surface area contributed by atoms with Gasteiger partial charge >= 0.3 is 0 Å². The van der Waals surface area contributed by atoms with Gasteiger partial charge in [-0.3, -0.25) is 4.90 Å². The Labute approximate surface area is 169 Å². The summed E-state index contributed by atoms with van der Waals surface area (Å²) in [6.45, 7) is 6.36. The molecule has 7 heteroatoms. The molecule has 1 aromatic heterocycles. The maximum atomic E-state index is 5.42. The number of likely N-dealkylation sites (tertiary alicyclic amines) is 1. The van der Waals surface area contributed by atoms with E-state index in [-0.39, 0.29) is 0 Å². The Morgan fingerprint density at radius 1 is 1.19 bits per heavy atom. The second-order valence-corrected chi connectivity index (χ2v) is 8.11. The molecule has 1 aromatic carbocycles. The fourth-order valence-corrected chi connectivity index (χ4v) is 4.21. The Morgan fingerprint density at radius 2 is 2.07 bits per heavy atom.